The van der Waals surface area contributed by atoms with E-state index in [1.807, 2.05) is 6.92 Å². The fourth-order valence-electron chi connectivity index (χ4n) is 2.37. The van der Waals surface area contributed by atoms with Gasteiger partial charge < -0.3 is 4.98 Å². The van der Waals surface area contributed by atoms with Crippen molar-refractivity contribution in [3.63, 3.8) is 0 Å². The minimum absolute atomic E-state index is 0.231. The van der Waals surface area contributed by atoms with Crippen LogP contribution in [0.3, 0.4) is 0 Å². The third-order valence-electron chi connectivity index (χ3n) is 3.26. The van der Waals surface area contributed by atoms with Gasteiger partial charge in [-0.25, -0.2) is 4.79 Å². The number of aryl methyl sites for hydroxylation is 1. The van der Waals surface area contributed by atoms with Crippen LogP contribution < -0.4 is 11.0 Å². The zero-order valence-electron chi connectivity index (χ0n) is 10.3. The van der Waals surface area contributed by atoms with E-state index in [0.717, 1.165) is 5.69 Å². The van der Waals surface area contributed by atoms with E-state index in [0.29, 0.717) is 17.5 Å². The van der Waals surface area contributed by atoms with Crippen LogP contribution in [0.25, 0.3) is 11.0 Å². The van der Waals surface area contributed by atoms with Gasteiger partial charge in [0.1, 0.15) is 6.04 Å². The molecule has 0 aromatic carbocycles. The van der Waals surface area contributed by atoms with E-state index in [2.05, 4.69) is 15.3 Å². The largest absolute Gasteiger partial charge is 0.327 e. The van der Waals surface area contributed by atoms with Crippen LogP contribution >= 0.6 is 0 Å². The summed E-state index contributed by atoms with van der Waals surface area (Å²) in [6.45, 7) is 1.82. The lowest BCUT2D eigenvalue weighted by atomic mass is 10.1. The normalized spacial score (nSPS) is 19.7. The van der Waals surface area contributed by atoms with E-state index < -0.39 is 11.9 Å². The molecule has 7 nitrogen and oxygen atoms in total. The maximum Gasteiger partial charge on any atom is 0.327 e. The Balaban J connectivity index is 2.15. The first kappa shape index (κ1) is 11.6. The molecule has 1 fully saturated rings. The van der Waals surface area contributed by atoms with Gasteiger partial charge in [0.2, 0.25) is 11.8 Å². The number of hydrogen-bond donors (Lipinski definition) is 2. The number of amides is 2. The number of imide groups is 1. The molecule has 2 N–H and O–H groups in total. The second-order valence-electron chi connectivity index (χ2n) is 4.61. The molecule has 0 spiro atoms. The molecule has 1 saturated heterocycles. The van der Waals surface area contributed by atoms with Gasteiger partial charge in [-0.3, -0.25) is 24.5 Å². The lowest BCUT2D eigenvalue weighted by molar-refractivity contribution is -0.135. The van der Waals surface area contributed by atoms with Crippen molar-refractivity contribution in [1.82, 2.24) is 19.9 Å². The maximum absolute atomic E-state index is 12.0. The lowest BCUT2D eigenvalue weighted by Gasteiger charge is -2.21. The summed E-state index contributed by atoms with van der Waals surface area (Å²) >= 11 is 0. The molecule has 0 aliphatic carbocycles. The third-order valence-corrected chi connectivity index (χ3v) is 3.26. The van der Waals surface area contributed by atoms with Crippen LogP contribution in [0.2, 0.25) is 0 Å². The van der Waals surface area contributed by atoms with E-state index >= 15 is 0 Å². The van der Waals surface area contributed by atoms with Crippen molar-refractivity contribution in [3.05, 3.63) is 28.4 Å². The summed E-state index contributed by atoms with van der Waals surface area (Å²) < 4.78 is 1.36. The van der Waals surface area contributed by atoms with Crippen LogP contribution in [-0.2, 0) is 9.59 Å². The van der Waals surface area contributed by atoms with Gasteiger partial charge in [0, 0.05) is 12.1 Å². The molecule has 2 aromatic heterocycles. The molecule has 7 heteroatoms. The van der Waals surface area contributed by atoms with Gasteiger partial charge in [0.15, 0.2) is 0 Å². The smallest absolute Gasteiger partial charge is 0.305 e. The van der Waals surface area contributed by atoms with Crippen molar-refractivity contribution in [2.75, 3.05) is 0 Å². The number of carbonyl (C=O) groups is 2. The number of rotatable bonds is 1. The molecular weight excluding hydrogens is 248 g/mol. The molecule has 3 heterocycles. The number of nitrogens with one attached hydrogen (secondary N) is 2. The molecule has 19 heavy (non-hydrogen) atoms. The van der Waals surface area contributed by atoms with Crippen molar-refractivity contribution < 1.29 is 9.59 Å². The standard InChI is InChI=1S/C12H12N4O3/c1-6-4-7-9(5-13-6)16(12(19)14-7)8-2-3-10(17)15-11(8)18/h4-5,8H,2-3H2,1H3,(H,14,19)(H,15,17,18). The molecule has 2 amide bonds. The van der Waals surface area contributed by atoms with Gasteiger partial charge in [-0.15, -0.1) is 0 Å². The van der Waals surface area contributed by atoms with E-state index in [1.54, 1.807) is 12.3 Å². The zero-order chi connectivity index (χ0) is 13.6. The first-order valence-electron chi connectivity index (χ1n) is 5.97. The second kappa shape index (κ2) is 4.04. The van der Waals surface area contributed by atoms with Gasteiger partial charge in [-0.2, -0.15) is 0 Å². The predicted octanol–water partition coefficient (Wildman–Crippen LogP) is 0.0107. The molecule has 2 aromatic rings. The zero-order valence-corrected chi connectivity index (χ0v) is 10.3. The van der Waals surface area contributed by atoms with Gasteiger partial charge in [0.05, 0.1) is 17.2 Å². The highest BCUT2D eigenvalue weighted by molar-refractivity contribution is 6.00. The number of carbonyl (C=O) groups excluding carboxylic acids is 2. The molecule has 1 aliphatic rings. The Labute approximate surface area is 107 Å². The number of H-pyrrole nitrogens is 1. The maximum atomic E-state index is 12.0. The Hall–Kier alpha value is -2.44. The van der Waals surface area contributed by atoms with Crippen LogP contribution in [0.15, 0.2) is 17.1 Å². The number of fused-ring (bicyclic) bond motifs is 1. The van der Waals surface area contributed by atoms with Gasteiger partial charge >= 0.3 is 5.69 Å². The van der Waals surface area contributed by atoms with Crippen LogP contribution in [0.1, 0.15) is 24.6 Å². The number of imidazole rings is 1. The minimum atomic E-state index is -0.663. The summed E-state index contributed by atoms with van der Waals surface area (Å²) in [4.78, 5) is 41.8. The topological polar surface area (TPSA) is 96.9 Å². The molecule has 3 rings (SSSR count). The Bertz CT molecular complexity index is 743. The molecular formula is C12H12N4O3. The van der Waals surface area contributed by atoms with Crippen LogP contribution in [0, 0.1) is 6.92 Å². The predicted molar refractivity (Wildman–Crippen MR) is 66.5 cm³/mol. The fraction of sp³-hybridized carbons (Fsp3) is 0.333. The highest BCUT2D eigenvalue weighted by Gasteiger charge is 2.30. The molecule has 1 unspecified atom stereocenters. The summed E-state index contributed by atoms with van der Waals surface area (Å²) in [5, 5.41) is 2.25. The molecule has 1 atom stereocenters. The number of hydrogen-bond acceptors (Lipinski definition) is 4. The van der Waals surface area contributed by atoms with Crippen LogP contribution in [0.5, 0.6) is 0 Å². The van der Waals surface area contributed by atoms with Crippen molar-refractivity contribution in [3.8, 4) is 0 Å². The summed E-state index contributed by atoms with van der Waals surface area (Å²) in [5.41, 5.74) is 1.63. The number of aromatic nitrogens is 3. The molecule has 0 bridgehead atoms. The lowest BCUT2D eigenvalue weighted by Crippen LogP contribution is -2.43. The van der Waals surface area contributed by atoms with Crippen molar-refractivity contribution in [2.24, 2.45) is 0 Å². The summed E-state index contributed by atoms with van der Waals surface area (Å²) in [6, 6.07) is 1.09. The van der Waals surface area contributed by atoms with Crippen LogP contribution in [0.4, 0.5) is 0 Å². The fourth-order valence-corrected chi connectivity index (χ4v) is 2.37. The second-order valence-corrected chi connectivity index (χ2v) is 4.61. The van der Waals surface area contributed by atoms with E-state index in [1.165, 1.54) is 4.57 Å². The van der Waals surface area contributed by atoms with Crippen molar-refractivity contribution in [1.29, 1.82) is 0 Å². The van der Waals surface area contributed by atoms with Crippen molar-refractivity contribution in [2.45, 2.75) is 25.8 Å². The molecule has 1 aliphatic heterocycles. The number of pyridine rings is 1. The Morgan fingerprint density at radius 3 is 2.89 bits per heavy atom. The Morgan fingerprint density at radius 2 is 2.16 bits per heavy atom. The molecule has 0 radical (unpaired) electrons. The number of piperidine rings is 1. The van der Waals surface area contributed by atoms with E-state index in [9.17, 15) is 14.4 Å². The summed E-state index contributed by atoms with van der Waals surface area (Å²) in [7, 11) is 0. The van der Waals surface area contributed by atoms with Gasteiger partial charge in [0.25, 0.3) is 0 Å². The SMILES string of the molecule is Cc1cc2[nH]c(=O)n(C3CCC(=O)NC3=O)c2cn1. The average Bonchev–Trinajstić information content (AvgIpc) is 2.65. The minimum Gasteiger partial charge on any atom is -0.305 e. The summed E-state index contributed by atoms with van der Waals surface area (Å²) in [5.74, 6) is -0.747. The monoisotopic (exact) mass is 260 g/mol. The highest BCUT2D eigenvalue weighted by Crippen LogP contribution is 2.21. The number of nitrogens with zero attached hydrogens (tertiary/aromatic N) is 2. The Morgan fingerprint density at radius 1 is 1.37 bits per heavy atom. The van der Waals surface area contributed by atoms with Crippen LogP contribution in [-0.4, -0.2) is 26.3 Å². The van der Waals surface area contributed by atoms with Crippen molar-refractivity contribution >= 4 is 22.8 Å². The molecule has 0 saturated carbocycles. The number of aromatic amines is 1. The summed E-state index contributed by atoms with van der Waals surface area (Å²) in [6.07, 6.45) is 2.12. The molecule has 98 valence electrons. The Kier molecular flexibility index (Phi) is 2.48. The van der Waals surface area contributed by atoms with Gasteiger partial charge in [-0.05, 0) is 19.4 Å². The average molecular weight is 260 g/mol. The van der Waals surface area contributed by atoms with E-state index in [4.69, 9.17) is 0 Å². The highest BCUT2D eigenvalue weighted by atomic mass is 16.2. The first-order valence-corrected chi connectivity index (χ1v) is 5.97. The van der Waals surface area contributed by atoms with Gasteiger partial charge in [-0.1, -0.05) is 0 Å². The first-order chi connectivity index (χ1) is 9.06. The third kappa shape index (κ3) is 1.83. The quantitative estimate of drug-likeness (QED) is 0.706. The van der Waals surface area contributed by atoms with E-state index in [-0.39, 0.29) is 18.0 Å².